The highest BCUT2D eigenvalue weighted by atomic mass is 35.5. The first-order chi connectivity index (χ1) is 11.2. The topological polar surface area (TPSA) is 34.0 Å². The van der Waals surface area contributed by atoms with E-state index in [4.69, 9.17) is 16.3 Å². The number of anilines is 1. The highest BCUT2D eigenvalue weighted by molar-refractivity contribution is 6.30. The first kappa shape index (κ1) is 14.5. The average molecular weight is 330 g/mol. The van der Waals surface area contributed by atoms with E-state index in [-0.39, 0.29) is 12.2 Å². The zero-order chi connectivity index (χ0) is 15.8. The average Bonchev–Trinajstić information content (AvgIpc) is 2.93. The molecule has 4 rings (SSSR count). The molecule has 2 aromatic rings. The molecular formula is C18H18ClN2O2+. The Morgan fingerprint density at radius 2 is 1.87 bits per heavy atom. The van der Waals surface area contributed by atoms with Gasteiger partial charge < -0.3 is 9.64 Å². The van der Waals surface area contributed by atoms with Crippen molar-refractivity contribution in [1.29, 1.82) is 0 Å². The molecule has 0 spiro atoms. The number of fused-ring (bicyclic) bond motifs is 1. The second kappa shape index (κ2) is 5.87. The molecule has 0 aliphatic carbocycles. The third-order valence-corrected chi connectivity index (χ3v) is 4.87. The Hall–Kier alpha value is -2.04. The number of piperazine rings is 1. The molecule has 2 heterocycles. The second-order valence-corrected chi connectivity index (χ2v) is 6.43. The number of carbonyl (C=O) groups excluding carboxylic acids is 1. The zero-order valence-corrected chi connectivity index (χ0v) is 13.4. The molecule has 1 N–H and O–H groups in total. The fourth-order valence-electron chi connectivity index (χ4n) is 3.44. The number of ether oxygens (including phenoxy) is 1. The monoisotopic (exact) mass is 329 g/mol. The Balaban J connectivity index is 1.47. The van der Waals surface area contributed by atoms with Crippen molar-refractivity contribution in [2.75, 3.05) is 31.1 Å². The number of benzene rings is 2. The number of rotatable bonds is 2. The number of cyclic esters (lactones) is 1. The third kappa shape index (κ3) is 2.69. The van der Waals surface area contributed by atoms with E-state index in [2.05, 4.69) is 11.0 Å². The standard InChI is InChI=1S/C18H17ClN2O2/c19-13-4-3-5-14(12-13)20-8-10-21(11-9-20)17-15-6-1-2-7-16(15)18(22)23-17/h1-7,12,17H,8-11H2/p+1/t17-/m1/s1. The Morgan fingerprint density at radius 1 is 1.09 bits per heavy atom. The van der Waals surface area contributed by atoms with Crippen LogP contribution in [0.1, 0.15) is 22.1 Å². The SMILES string of the molecule is O=C1O[C@@H]([NH+]2CCN(c3cccc(Cl)c3)CC2)c2ccccc21. The van der Waals surface area contributed by atoms with Crippen LogP contribution in [0, 0.1) is 0 Å². The number of quaternary nitrogens is 1. The van der Waals surface area contributed by atoms with Gasteiger partial charge in [0.2, 0.25) is 0 Å². The van der Waals surface area contributed by atoms with Crippen LogP contribution in [0.3, 0.4) is 0 Å². The van der Waals surface area contributed by atoms with E-state index in [0.29, 0.717) is 5.56 Å². The Labute approximate surface area is 140 Å². The minimum atomic E-state index is -0.199. The van der Waals surface area contributed by atoms with Gasteiger partial charge in [-0.3, -0.25) is 4.90 Å². The lowest BCUT2D eigenvalue weighted by atomic mass is 10.1. The van der Waals surface area contributed by atoms with E-state index in [9.17, 15) is 4.79 Å². The summed E-state index contributed by atoms with van der Waals surface area (Å²) in [6.45, 7) is 3.70. The lowest BCUT2D eigenvalue weighted by molar-refractivity contribution is -0.952. The van der Waals surface area contributed by atoms with Gasteiger partial charge in [-0.1, -0.05) is 29.8 Å². The normalized spacial score (nSPS) is 21.2. The van der Waals surface area contributed by atoms with Crippen molar-refractivity contribution in [2.45, 2.75) is 6.23 Å². The Kier molecular flexibility index (Phi) is 3.71. The second-order valence-electron chi connectivity index (χ2n) is 6.00. The molecule has 1 fully saturated rings. The molecule has 5 heteroatoms. The van der Waals surface area contributed by atoms with Crippen molar-refractivity contribution in [1.82, 2.24) is 0 Å². The van der Waals surface area contributed by atoms with Crippen LogP contribution in [0.2, 0.25) is 5.02 Å². The minimum absolute atomic E-state index is 0.166. The van der Waals surface area contributed by atoms with Gasteiger partial charge in [0.25, 0.3) is 6.23 Å². The van der Waals surface area contributed by atoms with Gasteiger partial charge in [0.15, 0.2) is 0 Å². The lowest BCUT2D eigenvalue weighted by Gasteiger charge is -2.35. The molecule has 2 aliphatic rings. The fraction of sp³-hybridized carbons (Fsp3) is 0.278. The van der Waals surface area contributed by atoms with Gasteiger partial charge in [-0.15, -0.1) is 0 Å². The molecule has 0 saturated carbocycles. The van der Waals surface area contributed by atoms with Crippen LogP contribution in [0.25, 0.3) is 0 Å². The summed E-state index contributed by atoms with van der Waals surface area (Å²) in [5.41, 5.74) is 2.88. The van der Waals surface area contributed by atoms with E-state index >= 15 is 0 Å². The van der Waals surface area contributed by atoms with Gasteiger partial charge in [0.05, 0.1) is 37.3 Å². The van der Waals surface area contributed by atoms with Gasteiger partial charge in [0, 0.05) is 10.7 Å². The summed E-state index contributed by atoms with van der Waals surface area (Å²) in [5.74, 6) is -0.199. The van der Waals surface area contributed by atoms with Gasteiger partial charge >= 0.3 is 5.97 Å². The van der Waals surface area contributed by atoms with Crippen LogP contribution in [0.15, 0.2) is 48.5 Å². The lowest BCUT2D eigenvalue weighted by Crippen LogP contribution is -3.15. The van der Waals surface area contributed by atoms with Crippen LogP contribution in [0.5, 0.6) is 0 Å². The minimum Gasteiger partial charge on any atom is -0.404 e. The van der Waals surface area contributed by atoms with Crippen molar-refractivity contribution < 1.29 is 14.4 Å². The predicted molar refractivity (Wildman–Crippen MR) is 89.0 cm³/mol. The molecule has 23 heavy (non-hydrogen) atoms. The predicted octanol–water partition coefficient (Wildman–Crippen LogP) is 1.91. The first-order valence-corrected chi connectivity index (χ1v) is 8.25. The summed E-state index contributed by atoms with van der Waals surface area (Å²) in [4.78, 5) is 15.6. The van der Waals surface area contributed by atoms with Gasteiger partial charge in [-0.2, -0.15) is 0 Å². The van der Waals surface area contributed by atoms with Crippen molar-refractivity contribution in [2.24, 2.45) is 0 Å². The zero-order valence-electron chi connectivity index (χ0n) is 12.7. The summed E-state index contributed by atoms with van der Waals surface area (Å²) in [5, 5.41) is 0.760. The molecule has 2 aliphatic heterocycles. The number of halogens is 1. The Bertz CT molecular complexity index is 741. The smallest absolute Gasteiger partial charge is 0.343 e. The molecule has 4 nitrogen and oxygen atoms in total. The molecule has 0 radical (unpaired) electrons. The van der Waals surface area contributed by atoms with Crippen molar-refractivity contribution in [3.8, 4) is 0 Å². The maximum Gasteiger partial charge on any atom is 0.343 e. The number of carbonyl (C=O) groups is 1. The van der Waals surface area contributed by atoms with E-state index in [1.165, 1.54) is 4.90 Å². The molecule has 1 atom stereocenters. The number of nitrogens with zero attached hydrogens (tertiary/aromatic N) is 1. The summed E-state index contributed by atoms with van der Waals surface area (Å²) in [6.07, 6.45) is -0.166. The fourth-order valence-corrected chi connectivity index (χ4v) is 3.62. The maximum absolute atomic E-state index is 12.0. The molecule has 0 amide bonds. The molecule has 0 bridgehead atoms. The maximum atomic E-state index is 12.0. The summed E-state index contributed by atoms with van der Waals surface area (Å²) >= 11 is 6.08. The first-order valence-electron chi connectivity index (χ1n) is 7.87. The third-order valence-electron chi connectivity index (χ3n) is 4.64. The quantitative estimate of drug-likeness (QED) is 0.855. The molecule has 1 saturated heterocycles. The molecular weight excluding hydrogens is 312 g/mol. The van der Waals surface area contributed by atoms with Crippen LogP contribution in [0.4, 0.5) is 5.69 Å². The number of hydrogen-bond acceptors (Lipinski definition) is 3. The molecule has 0 aromatic heterocycles. The highest BCUT2D eigenvalue weighted by Gasteiger charge is 2.39. The number of hydrogen-bond donors (Lipinski definition) is 1. The number of nitrogens with one attached hydrogen (secondary N) is 1. The summed E-state index contributed by atoms with van der Waals surface area (Å²) in [7, 11) is 0. The number of esters is 1. The van der Waals surface area contributed by atoms with Crippen LogP contribution >= 0.6 is 11.6 Å². The highest BCUT2D eigenvalue weighted by Crippen LogP contribution is 2.26. The largest absolute Gasteiger partial charge is 0.404 e. The molecule has 118 valence electrons. The van der Waals surface area contributed by atoms with Gasteiger partial charge in [-0.05, 0) is 30.3 Å². The van der Waals surface area contributed by atoms with E-state index < -0.39 is 0 Å². The molecule has 2 aromatic carbocycles. The van der Waals surface area contributed by atoms with Crippen LogP contribution in [-0.2, 0) is 4.74 Å². The summed E-state index contributed by atoms with van der Waals surface area (Å²) in [6, 6.07) is 15.7. The van der Waals surface area contributed by atoms with E-state index in [1.54, 1.807) is 0 Å². The van der Waals surface area contributed by atoms with E-state index in [0.717, 1.165) is 42.5 Å². The Morgan fingerprint density at radius 3 is 2.65 bits per heavy atom. The molecule has 0 unspecified atom stereocenters. The van der Waals surface area contributed by atoms with Crippen LogP contribution in [-0.4, -0.2) is 32.1 Å². The van der Waals surface area contributed by atoms with Crippen molar-refractivity contribution in [3.63, 3.8) is 0 Å². The summed E-state index contributed by atoms with van der Waals surface area (Å²) < 4.78 is 5.62. The van der Waals surface area contributed by atoms with Gasteiger partial charge in [-0.25, -0.2) is 4.79 Å². The van der Waals surface area contributed by atoms with Crippen molar-refractivity contribution >= 4 is 23.3 Å². The van der Waals surface area contributed by atoms with Gasteiger partial charge in [0.1, 0.15) is 0 Å². The van der Waals surface area contributed by atoms with Crippen molar-refractivity contribution in [3.05, 3.63) is 64.7 Å². The van der Waals surface area contributed by atoms with E-state index in [1.807, 2.05) is 42.5 Å². The van der Waals surface area contributed by atoms with Crippen LogP contribution < -0.4 is 9.80 Å².